The van der Waals surface area contributed by atoms with Gasteiger partial charge in [-0.1, -0.05) is 29.3 Å². The van der Waals surface area contributed by atoms with Gasteiger partial charge >= 0.3 is 0 Å². The minimum absolute atomic E-state index is 0.0272. The molecule has 2 heterocycles. The molecule has 9 heteroatoms. The van der Waals surface area contributed by atoms with Crippen LogP contribution >= 0.6 is 23.2 Å². The van der Waals surface area contributed by atoms with Gasteiger partial charge in [-0.15, -0.1) is 0 Å². The van der Waals surface area contributed by atoms with Crippen molar-refractivity contribution in [1.29, 1.82) is 0 Å². The molecule has 0 aliphatic carbocycles. The summed E-state index contributed by atoms with van der Waals surface area (Å²) in [5.41, 5.74) is 1.71. The highest BCUT2D eigenvalue weighted by Gasteiger charge is 2.27. The number of nitrogens with zero attached hydrogens (tertiary/aromatic N) is 1. The highest BCUT2D eigenvalue weighted by Crippen LogP contribution is 2.32. The van der Waals surface area contributed by atoms with Crippen molar-refractivity contribution in [3.63, 3.8) is 0 Å². The van der Waals surface area contributed by atoms with Gasteiger partial charge in [-0.25, -0.2) is 4.39 Å². The van der Waals surface area contributed by atoms with Crippen LogP contribution in [0.15, 0.2) is 42.6 Å². The average molecular weight is 481 g/mol. The number of rotatable bonds is 7. The predicted octanol–water partition coefficient (Wildman–Crippen LogP) is 4.64. The largest absolute Gasteiger partial charge is 0.497 e. The Hall–Kier alpha value is -2.00. The van der Waals surface area contributed by atoms with Crippen LogP contribution in [0.2, 0.25) is 10.0 Å². The lowest BCUT2D eigenvalue weighted by atomic mass is 10.0. The molecule has 2 aromatic carbocycles. The van der Waals surface area contributed by atoms with Crippen LogP contribution in [0.25, 0.3) is 10.9 Å². The maximum atomic E-state index is 14.6. The number of halogens is 3. The summed E-state index contributed by atoms with van der Waals surface area (Å²) < 4.78 is 31.3. The second kappa shape index (κ2) is 10.3. The molecule has 0 amide bonds. The Morgan fingerprint density at radius 3 is 2.69 bits per heavy atom. The van der Waals surface area contributed by atoms with Gasteiger partial charge in [0.1, 0.15) is 11.6 Å². The first kappa shape index (κ1) is 23.2. The number of methoxy groups -OCH3 is 1. The van der Waals surface area contributed by atoms with Crippen LogP contribution in [0.1, 0.15) is 23.7 Å². The van der Waals surface area contributed by atoms with Gasteiger partial charge in [0, 0.05) is 23.9 Å². The second-order valence-electron chi connectivity index (χ2n) is 7.58. The SMILES string of the molecule is COc1ccc2ncc(F)c([C@@H](O)C[C@H]3OC[C@H](NCc4ccc(Cl)c(Cl)c4)CO3)c2c1. The average Bonchev–Trinajstić information content (AvgIpc) is 2.80. The Labute approximate surface area is 195 Å². The number of pyridine rings is 1. The monoisotopic (exact) mass is 480 g/mol. The molecule has 1 aliphatic heterocycles. The van der Waals surface area contributed by atoms with Gasteiger partial charge in [0.05, 0.1) is 54.2 Å². The molecule has 4 rings (SSSR count). The zero-order valence-electron chi connectivity index (χ0n) is 17.4. The molecule has 0 spiro atoms. The maximum absolute atomic E-state index is 14.6. The molecule has 1 atom stereocenters. The van der Waals surface area contributed by atoms with Crippen molar-refractivity contribution in [3.05, 3.63) is 69.6 Å². The van der Waals surface area contributed by atoms with Gasteiger partial charge in [-0.3, -0.25) is 4.98 Å². The van der Waals surface area contributed by atoms with E-state index in [4.69, 9.17) is 37.4 Å². The van der Waals surface area contributed by atoms with E-state index in [1.807, 2.05) is 12.1 Å². The molecule has 1 saturated heterocycles. The number of fused-ring (bicyclic) bond motifs is 1. The van der Waals surface area contributed by atoms with E-state index in [0.29, 0.717) is 46.5 Å². The van der Waals surface area contributed by atoms with Crippen molar-refractivity contribution >= 4 is 34.1 Å². The van der Waals surface area contributed by atoms with Crippen molar-refractivity contribution < 1.29 is 23.7 Å². The van der Waals surface area contributed by atoms with Gasteiger partial charge < -0.3 is 24.6 Å². The molecule has 2 N–H and O–H groups in total. The number of aliphatic hydroxyl groups is 1. The van der Waals surface area contributed by atoms with Crippen molar-refractivity contribution in [2.75, 3.05) is 20.3 Å². The van der Waals surface area contributed by atoms with E-state index < -0.39 is 18.2 Å². The van der Waals surface area contributed by atoms with E-state index in [1.54, 1.807) is 24.3 Å². The molecular formula is C23H23Cl2FN2O4. The number of aromatic nitrogens is 1. The van der Waals surface area contributed by atoms with E-state index in [9.17, 15) is 9.50 Å². The second-order valence-corrected chi connectivity index (χ2v) is 8.39. The molecular weight excluding hydrogens is 458 g/mol. The molecule has 1 aliphatic rings. The molecule has 0 saturated carbocycles. The van der Waals surface area contributed by atoms with E-state index in [2.05, 4.69) is 10.3 Å². The first-order valence-electron chi connectivity index (χ1n) is 10.2. The number of hydrogen-bond donors (Lipinski definition) is 2. The number of aliphatic hydroxyl groups excluding tert-OH is 1. The van der Waals surface area contributed by atoms with Crippen LogP contribution in [-0.4, -0.2) is 42.7 Å². The van der Waals surface area contributed by atoms with Crippen LogP contribution in [-0.2, 0) is 16.0 Å². The molecule has 3 aromatic rings. The minimum Gasteiger partial charge on any atom is -0.497 e. The van der Waals surface area contributed by atoms with Crippen LogP contribution in [0.5, 0.6) is 5.75 Å². The predicted molar refractivity (Wildman–Crippen MR) is 121 cm³/mol. The van der Waals surface area contributed by atoms with Crippen LogP contribution in [0, 0.1) is 5.82 Å². The summed E-state index contributed by atoms with van der Waals surface area (Å²) in [5.74, 6) is -0.0327. The fourth-order valence-electron chi connectivity index (χ4n) is 3.64. The van der Waals surface area contributed by atoms with E-state index in [1.165, 1.54) is 7.11 Å². The third-order valence-electron chi connectivity index (χ3n) is 5.36. The van der Waals surface area contributed by atoms with Gasteiger partial charge in [-0.2, -0.15) is 0 Å². The topological polar surface area (TPSA) is 72.8 Å². The molecule has 1 fully saturated rings. The summed E-state index contributed by atoms with van der Waals surface area (Å²) in [5, 5.41) is 15.6. The van der Waals surface area contributed by atoms with E-state index in [0.717, 1.165) is 11.8 Å². The Morgan fingerprint density at radius 2 is 1.97 bits per heavy atom. The number of hydrogen-bond acceptors (Lipinski definition) is 6. The first-order chi connectivity index (χ1) is 15.4. The first-order valence-corrected chi connectivity index (χ1v) is 10.9. The van der Waals surface area contributed by atoms with Crippen molar-refractivity contribution in [1.82, 2.24) is 10.3 Å². The van der Waals surface area contributed by atoms with Gasteiger partial charge in [0.25, 0.3) is 0 Å². The smallest absolute Gasteiger partial charge is 0.160 e. The summed E-state index contributed by atoms with van der Waals surface area (Å²) in [6, 6.07) is 10.6. The maximum Gasteiger partial charge on any atom is 0.160 e. The quantitative estimate of drug-likeness (QED) is 0.512. The zero-order chi connectivity index (χ0) is 22.7. The lowest BCUT2D eigenvalue weighted by molar-refractivity contribution is -0.202. The zero-order valence-corrected chi connectivity index (χ0v) is 18.9. The highest BCUT2D eigenvalue weighted by atomic mass is 35.5. The summed E-state index contributed by atoms with van der Waals surface area (Å²) in [7, 11) is 1.53. The Kier molecular flexibility index (Phi) is 7.45. The Bertz CT molecular complexity index is 1090. The number of nitrogens with one attached hydrogen (secondary N) is 1. The van der Waals surface area contributed by atoms with Crippen molar-refractivity contribution in [3.8, 4) is 5.75 Å². The van der Waals surface area contributed by atoms with E-state index >= 15 is 0 Å². The molecule has 1 aromatic heterocycles. The normalized spacial score (nSPS) is 19.8. The lowest BCUT2D eigenvalue weighted by Crippen LogP contribution is -2.44. The lowest BCUT2D eigenvalue weighted by Gasteiger charge is -2.31. The fraction of sp³-hybridized carbons (Fsp3) is 0.348. The summed E-state index contributed by atoms with van der Waals surface area (Å²) in [6.45, 7) is 1.37. The van der Waals surface area contributed by atoms with Gasteiger partial charge in [0.15, 0.2) is 6.29 Å². The highest BCUT2D eigenvalue weighted by molar-refractivity contribution is 6.42. The van der Waals surface area contributed by atoms with Crippen LogP contribution in [0.3, 0.4) is 0 Å². The number of ether oxygens (including phenoxy) is 3. The fourth-order valence-corrected chi connectivity index (χ4v) is 3.96. The summed E-state index contributed by atoms with van der Waals surface area (Å²) in [4.78, 5) is 4.08. The van der Waals surface area contributed by atoms with Gasteiger partial charge in [0.2, 0.25) is 0 Å². The molecule has 32 heavy (non-hydrogen) atoms. The molecule has 0 radical (unpaired) electrons. The number of benzene rings is 2. The van der Waals surface area contributed by atoms with Gasteiger partial charge in [-0.05, 0) is 35.9 Å². The standard InChI is InChI=1S/C23H23Cl2FN2O4/c1-30-15-3-5-20-16(7-15)23(19(26)10-28-20)21(29)8-22-31-11-14(12-32-22)27-9-13-2-4-17(24)18(25)6-13/h2-7,10,14,21-22,27,29H,8-9,11-12H2,1H3/t14-,21-,22-/m0/s1. The summed E-state index contributed by atoms with van der Waals surface area (Å²) >= 11 is 12.0. The molecule has 0 bridgehead atoms. The third kappa shape index (κ3) is 5.31. The minimum atomic E-state index is -1.13. The molecule has 0 unspecified atom stereocenters. The van der Waals surface area contributed by atoms with Crippen molar-refractivity contribution in [2.45, 2.75) is 31.4 Å². The third-order valence-corrected chi connectivity index (χ3v) is 6.10. The molecule has 170 valence electrons. The van der Waals surface area contributed by atoms with Crippen LogP contribution in [0.4, 0.5) is 4.39 Å². The Balaban J connectivity index is 1.35. The van der Waals surface area contributed by atoms with E-state index in [-0.39, 0.29) is 18.0 Å². The molecule has 6 nitrogen and oxygen atoms in total. The van der Waals surface area contributed by atoms with Crippen molar-refractivity contribution in [2.24, 2.45) is 0 Å². The van der Waals surface area contributed by atoms with Crippen LogP contribution < -0.4 is 10.1 Å². The summed E-state index contributed by atoms with van der Waals surface area (Å²) in [6.07, 6.45) is -0.578. The Morgan fingerprint density at radius 1 is 1.19 bits per heavy atom.